The number of hydrogen-bond acceptors (Lipinski definition) is 3. The van der Waals surface area contributed by atoms with E-state index in [9.17, 15) is 4.39 Å². The van der Waals surface area contributed by atoms with Gasteiger partial charge >= 0.3 is 0 Å². The third kappa shape index (κ3) is 2.47. The standard InChI is InChI=1S/C13H17FN2OS/c1-2-9-8-17-7-6-16(9)11-5-3-4-10(14)12(11)13(15)18/h3-5,9H,2,6-8H2,1H3,(H2,15,18). The Kier molecular flexibility index (Phi) is 4.14. The third-order valence-electron chi connectivity index (χ3n) is 3.25. The zero-order chi connectivity index (χ0) is 13.1. The van der Waals surface area contributed by atoms with Crippen LogP contribution < -0.4 is 10.6 Å². The summed E-state index contributed by atoms with van der Waals surface area (Å²) in [4.78, 5) is 2.24. The topological polar surface area (TPSA) is 38.5 Å². The van der Waals surface area contributed by atoms with Crippen molar-refractivity contribution in [1.29, 1.82) is 0 Å². The van der Waals surface area contributed by atoms with Gasteiger partial charge in [-0.3, -0.25) is 0 Å². The predicted molar refractivity (Wildman–Crippen MR) is 74.5 cm³/mol. The van der Waals surface area contributed by atoms with Crippen LogP contribution in [0.1, 0.15) is 18.9 Å². The second-order valence-electron chi connectivity index (χ2n) is 4.33. The maximum atomic E-state index is 13.9. The summed E-state index contributed by atoms with van der Waals surface area (Å²) in [5.74, 6) is -0.360. The van der Waals surface area contributed by atoms with Gasteiger partial charge in [-0.05, 0) is 18.6 Å². The Bertz CT molecular complexity index is 453. The number of thiocarbonyl (C=S) groups is 1. The molecule has 2 N–H and O–H groups in total. The van der Waals surface area contributed by atoms with Gasteiger partial charge in [0.15, 0.2) is 0 Å². The molecule has 1 saturated heterocycles. The molecule has 1 aromatic rings. The lowest BCUT2D eigenvalue weighted by Crippen LogP contribution is -2.46. The third-order valence-corrected chi connectivity index (χ3v) is 3.45. The van der Waals surface area contributed by atoms with Crippen LogP contribution in [0.5, 0.6) is 0 Å². The Morgan fingerprint density at radius 1 is 1.61 bits per heavy atom. The highest BCUT2D eigenvalue weighted by Gasteiger charge is 2.25. The summed E-state index contributed by atoms with van der Waals surface area (Å²) in [7, 11) is 0. The molecular weight excluding hydrogens is 251 g/mol. The van der Waals surface area contributed by atoms with Gasteiger partial charge in [0, 0.05) is 6.54 Å². The molecule has 18 heavy (non-hydrogen) atoms. The van der Waals surface area contributed by atoms with E-state index in [0.29, 0.717) is 18.8 Å². The van der Waals surface area contributed by atoms with Crippen molar-refractivity contribution in [2.45, 2.75) is 19.4 Å². The van der Waals surface area contributed by atoms with Crippen LogP contribution in [0.15, 0.2) is 18.2 Å². The number of nitrogens with zero attached hydrogens (tertiary/aromatic N) is 1. The van der Waals surface area contributed by atoms with Gasteiger partial charge in [0.25, 0.3) is 0 Å². The molecule has 1 aliphatic rings. The lowest BCUT2D eigenvalue weighted by molar-refractivity contribution is 0.0929. The Morgan fingerprint density at radius 2 is 2.39 bits per heavy atom. The van der Waals surface area contributed by atoms with E-state index in [1.165, 1.54) is 6.07 Å². The van der Waals surface area contributed by atoms with Crippen LogP contribution in [0.4, 0.5) is 10.1 Å². The molecular formula is C13H17FN2OS. The minimum absolute atomic E-state index is 0.101. The quantitative estimate of drug-likeness (QED) is 0.852. The van der Waals surface area contributed by atoms with Crippen LogP contribution in [-0.4, -0.2) is 30.8 Å². The number of rotatable bonds is 3. The van der Waals surface area contributed by atoms with Gasteiger partial charge in [0.1, 0.15) is 10.8 Å². The Balaban J connectivity index is 2.42. The van der Waals surface area contributed by atoms with E-state index in [1.54, 1.807) is 6.07 Å². The van der Waals surface area contributed by atoms with E-state index in [1.807, 2.05) is 6.07 Å². The summed E-state index contributed by atoms with van der Waals surface area (Å²) in [6.45, 7) is 4.12. The molecule has 1 fully saturated rings. The van der Waals surface area contributed by atoms with Gasteiger partial charge in [0.2, 0.25) is 0 Å². The molecule has 0 radical (unpaired) electrons. The highest BCUT2D eigenvalue weighted by atomic mass is 32.1. The van der Waals surface area contributed by atoms with E-state index in [4.69, 9.17) is 22.7 Å². The van der Waals surface area contributed by atoms with Gasteiger partial charge < -0.3 is 15.4 Å². The van der Waals surface area contributed by atoms with Gasteiger partial charge in [-0.2, -0.15) is 0 Å². The van der Waals surface area contributed by atoms with Crippen molar-refractivity contribution in [2.75, 3.05) is 24.7 Å². The molecule has 0 bridgehead atoms. The Labute approximate surface area is 112 Å². The number of nitrogens with two attached hydrogens (primary N) is 1. The second-order valence-corrected chi connectivity index (χ2v) is 4.77. The molecule has 1 aromatic carbocycles. The molecule has 0 spiro atoms. The van der Waals surface area contributed by atoms with E-state index in [-0.39, 0.29) is 16.8 Å². The fraction of sp³-hybridized carbons (Fsp3) is 0.462. The molecule has 0 amide bonds. The van der Waals surface area contributed by atoms with Gasteiger partial charge in [-0.15, -0.1) is 0 Å². The molecule has 0 saturated carbocycles. The summed E-state index contributed by atoms with van der Waals surface area (Å²) >= 11 is 4.96. The van der Waals surface area contributed by atoms with Gasteiger partial charge in [-0.1, -0.05) is 25.2 Å². The van der Waals surface area contributed by atoms with Crippen LogP contribution in [-0.2, 0) is 4.74 Å². The van der Waals surface area contributed by atoms with E-state index in [0.717, 1.165) is 18.7 Å². The number of benzene rings is 1. The van der Waals surface area contributed by atoms with Crippen LogP contribution in [0, 0.1) is 5.82 Å². The molecule has 2 rings (SSSR count). The first-order valence-corrected chi connectivity index (χ1v) is 6.48. The predicted octanol–water partition coefficient (Wildman–Crippen LogP) is 2.08. The summed E-state index contributed by atoms with van der Waals surface area (Å²) in [6.07, 6.45) is 0.938. The summed E-state index contributed by atoms with van der Waals surface area (Å²) < 4.78 is 19.3. The number of morpholine rings is 1. The fourth-order valence-corrected chi connectivity index (χ4v) is 2.51. The molecule has 1 atom stereocenters. The molecule has 3 nitrogen and oxygen atoms in total. The van der Waals surface area contributed by atoms with Crippen LogP contribution in [0.2, 0.25) is 0 Å². The zero-order valence-corrected chi connectivity index (χ0v) is 11.2. The number of ether oxygens (including phenoxy) is 1. The van der Waals surface area contributed by atoms with Crippen molar-refractivity contribution in [3.63, 3.8) is 0 Å². The maximum absolute atomic E-state index is 13.9. The maximum Gasteiger partial charge on any atom is 0.135 e. The first-order chi connectivity index (χ1) is 8.65. The summed E-state index contributed by atoms with van der Waals surface area (Å²) in [5, 5.41) is 0. The lowest BCUT2D eigenvalue weighted by atomic mass is 10.1. The molecule has 98 valence electrons. The fourth-order valence-electron chi connectivity index (χ4n) is 2.31. The molecule has 5 heteroatoms. The van der Waals surface area contributed by atoms with Crippen molar-refractivity contribution in [1.82, 2.24) is 0 Å². The van der Waals surface area contributed by atoms with Gasteiger partial charge in [0.05, 0.1) is 30.5 Å². The van der Waals surface area contributed by atoms with Crippen molar-refractivity contribution < 1.29 is 9.13 Å². The first-order valence-electron chi connectivity index (χ1n) is 6.07. The van der Waals surface area contributed by atoms with Crippen LogP contribution in [0.25, 0.3) is 0 Å². The average molecular weight is 268 g/mol. The second kappa shape index (κ2) is 5.63. The first kappa shape index (κ1) is 13.2. The van der Waals surface area contributed by atoms with Crippen molar-refractivity contribution in [3.05, 3.63) is 29.6 Å². The zero-order valence-electron chi connectivity index (χ0n) is 10.4. The van der Waals surface area contributed by atoms with Crippen LogP contribution >= 0.6 is 12.2 Å². The Hall–Kier alpha value is -1.20. The number of anilines is 1. The van der Waals surface area contributed by atoms with Crippen molar-refractivity contribution in [2.24, 2.45) is 5.73 Å². The Morgan fingerprint density at radius 3 is 3.06 bits per heavy atom. The largest absolute Gasteiger partial charge is 0.389 e. The number of halogens is 1. The van der Waals surface area contributed by atoms with E-state index < -0.39 is 0 Å². The molecule has 0 aromatic heterocycles. The lowest BCUT2D eigenvalue weighted by Gasteiger charge is -2.38. The number of hydrogen-bond donors (Lipinski definition) is 1. The summed E-state index contributed by atoms with van der Waals surface area (Å²) in [6, 6.07) is 5.19. The highest BCUT2D eigenvalue weighted by molar-refractivity contribution is 7.80. The van der Waals surface area contributed by atoms with E-state index in [2.05, 4.69) is 11.8 Å². The normalized spacial score (nSPS) is 19.9. The molecule has 1 heterocycles. The monoisotopic (exact) mass is 268 g/mol. The SMILES string of the molecule is CCC1COCCN1c1cccc(F)c1C(N)=S. The smallest absolute Gasteiger partial charge is 0.135 e. The minimum atomic E-state index is -0.360. The van der Waals surface area contributed by atoms with Crippen molar-refractivity contribution in [3.8, 4) is 0 Å². The van der Waals surface area contributed by atoms with Crippen molar-refractivity contribution >= 4 is 22.9 Å². The highest BCUT2D eigenvalue weighted by Crippen LogP contribution is 2.27. The minimum Gasteiger partial charge on any atom is -0.389 e. The van der Waals surface area contributed by atoms with E-state index >= 15 is 0 Å². The summed E-state index contributed by atoms with van der Waals surface area (Å²) in [5.41, 5.74) is 6.76. The van der Waals surface area contributed by atoms with Gasteiger partial charge in [-0.25, -0.2) is 4.39 Å². The average Bonchev–Trinajstić information content (AvgIpc) is 2.38. The molecule has 1 unspecified atom stereocenters. The van der Waals surface area contributed by atoms with Crippen LogP contribution in [0.3, 0.4) is 0 Å². The molecule has 1 aliphatic heterocycles. The molecule has 0 aliphatic carbocycles.